The van der Waals surface area contributed by atoms with Gasteiger partial charge in [0, 0.05) is 0 Å². The first kappa shape index (κ1) is 2.88. The summed E-state index contributed by atoms with van der Waals surface area (Å²) in [5, 5.41) is 0. The smallest absolute Gasteiger partial charge is 0.140 e. The van der Waals surface area contributed by atoms with E-state index in [1.54, 1.807) is 13.0 Å². The number of hydrogen-bond acceptors (Lipinski definition) is 0. The first-order valence-electron chi connectivity index (χ1n) is 1.63. The van der Waals surface area contributed by atoms with Gasteiger partial charge in [0.1, 0.15) is 6.17 Å². The summed E-state index contributed by atoms with van der Waals surface area (Å²) in [5.74, 6) is 0. The fourth-order valence-electron chi connectivity index (χ4n) is 0.183. The van der Waals surface area contributed by atoms with Crippen LogP contribution < -0.4 is 0 Å². The maximum absolute atomic E-state index is 11.4. The van der Waals surface area contributed by atoms with E-state index in [1.807, 2.05) is 0 Å². The van der Waals surface area contributed by atoms with Crippen molar-refractivity contribution in [1.82, 2.24) is 0 Å². The zero-order valence-corrected chi connectivity index (χ0v) is 3.03. The largest absolute Gasteiger partial charge is 0.238 e. The maximum atomic E-state index is 11.4. The first-order valence-corrected chi connectivity index (χ1v) is 1.63. The molecule has 28 valence electrons. The van der Waals surface area contributed by atoms with Crippen LogP contribution in [-0.2, 0) is 0 Å². The Bertz CT molecular complexity index is 73.7. The maximum Gasteiger partial charge on any atom is 0.140 e. The minimum Gasteiger partial charge on any atom is -0.238 e. The Morgan fingerprint density at radius 2 is 2.20 bits per heavy atom. The lowest BCUT2D eigenvalue weighted by Gasteiger charge is -1.65. The Labute approximate surface area is 30.3 Å². The molecule has 0 amide bonds. The van der Waals surface area contributed by atoms with Crippen molar-refractivity contribution in [2.24, 2.45) is 0 Å². The van der Waals surface area contributed by atoms with Crippen molar-refractivity contribution in [3.63, 3.8) is 0 Å². The Morgan fingerprint density at radius 3 is 2.20 bits per heavy atom. The quantitative estimate of drug-likeness (QED) is 0.378. The van der Waals surface area contributed by atoms with E-state index >= 15 is 0 Å². The highest BCUT2D eigenvalue weighted by molar-refractivity contribution is 5.28. The van der Waals surface area contributed by atoms with Gasteiger partial charge in [0.25, 0.3) is 0 Å². The Hall–Kier alpha value is -0.330. The van der Waals surface area contributed by atoms with Crippen molar-refractivity contribution in [1.29, 1.82) is 0 Å². The normalized spacial score (nSPS) is 33.2. The van der Waals surface area contributed by atoms with Crippen LogP contribution in [0.5, 0.6) is 0 Å². The van der Waals surface area contributed by atoms with E-state index in [9.17, 15) is 4.39 Å². The summed E-state index contributed by atoms with van der Waals surface area (Å²) in [7, 11) is 0. The fourth-order valence-corrected chi connectivity index (χ4v) is 0.183. The number of hydrogen-bond donors (Lipinski definition) is 0. The van der Waals surface area contributed by atoms with Gasteiger partial charge in [-0.15, -0.1) is 0 Å². The second kappa shape index (κ2) is 0.588. The summed E-state index contributed by atoms with van der Waals surface area (Å²) >= 11 is 0. The summed E-state index contributed by atoms with van der Waals surface area (Å²) in [6.45, 7) is 1.78. The molecule has 0 spiro atoms. The van der Waals surface area contributed by atoms with Crippen LogP contribution in [0, 0.1) is 0 Å². The van der Waals surface area contributed by atoms with Gasteiger partial charge >= 0.3 is 0 Å². The molecule has 0 aromatic rings. The minimum absolute atomic E-state index is 0.657. The summed E-state index contributed by atoms with van der Waals surface area (Å²) in [5.41, 5.74) is 0.880. The molecule has 1 rings (SSSR count). The second-order valence-corrected chi connectivity index (χ2v) is 1.31. The molecular formula is C4H5F. The molecule has 0 unspecified atom stereocenters. The molecular weight excluding hydrogens is 67.0 g/mol. The highest BCUT2D eigenvalue weighted by atomic mass is 19.1. The van der Waals surface area contributed by atoms with Crippen LogP contribution in [0.25, 0.3) is 0 Å². The summed E-state index contributed by atoms with van der Waals surface area (Å²) in [6.07, 6.45) is 0.926. The molecule has 0 heterocycles. The van der Waals surface area contributed by atoms with Crippen molar-refractivity contribution in [2.75, 3.05) is 0 Å². The highest BCUT2D eigenvalue weighted by Crippen LogP contribution is 2.21. The average Bonchev–Trinajstić information content (AvgIpc) is 1.79. The van der Waals surface area contributed by atoms with E-state index < -0.39 is 6.17 Å². The van der Waals surface area contributed by atoms with Gasteiger partial charge in [-0.1, -0.05) is 0 Å². The Balaban J connectivity index is 2.38. The van der Waals surface area contributed by atoms with E-state index in [0.717, 1.165) is 5.57 Å². The third-order valence-electron chi connectivity index (χ3n) is 0.735. The second-order valence-electron chi connectivity index (χ2n) is 1.31. The molecule has 0 aromatic heterocycles. The molecule has 0 N–H and O–H groups in total. The molecule has 0 radical (unpaired) electrons. The monoisotopic (exact) mass is 72.0 g/mol. The van der Waals surface area contributed by atoms with Gasteiger partial charge in [-0.3, -0.25) is 0 Å². The third kappa shape index (κ3) is 0.318. The molecule has 1 heteroatoms. The van der Waals surface area contributed by atoms with Crippen LogP contribution in [0.2, 0.25) is 0 Å². The third-order valence-corrected chi connectivity index (χ3v) is 0.735. The van der Waals surface area contributed by atoms with E-state index in [0.29, 0.717) is 0 Å². The highest BCUT2D eigenvalue weighted by Gasteiger charge is 2.16. The molecule has 0 saturated heterocycles. The van der Waals surface area contributed by atoms with E-state index in [1.165, 1.54) is 0 Å². The average molecular weight is 72.1 g/mol. The van der Waals surface area contributed by atoms with E-state index in [2.05, 4.69) is 0 Å². The van der Waals surface area contributed by atoms with Gasteiger partial charge in [0.05, 0.1) is 0 Å². The van der Waals surface area contributed by atoms with Crippen LogP contribution in [0.4, 0.5) is 4.39 Å². The predicted octanol–water partition coefficient (Wildman–Crippen LogP) is 1.28. The number of alkyl halides is 1. The molecule has 1 atom stereocenters. The summed E-state index contributed by atoms with van der Waals surface area (Å²) in [4.78, 5) is 0. The van der Waals surface area contributed by atoms with Crippen molar-refractivity contribution in [3.05, 3.63) is 11.6 Å². The molecule has 0 aromatic carbocycles. The van der Waals surface area contributed by atoms with Gasteiger partial charge in [0.15, 0.2) is 0 Å². The summed E-state index contributed by atoms with van der Waals surface area (Å²) < 4.78 is 11.4. The lowest BCUT2D eigenvalue weighted by molar-refractivity contribution is 0.502. The van der Waals surface area contributed by atoms with Gasteiger partial charge in [-0.25, -0.2) is 4.39 Å². The van der Waals surface area contributed by atoms with Crippen molar-refractivity contribution in [3.8, 4) is 0 Å². The van der Waals surface area contributed by atoms with Crippen molar-refractivity contribution >= 4 is 0 Å². The fraction of sp³-hybridized carbons (Fsp3) is 0.500. The molecule has 0 fully saturated rings. The van der Waals surface area contributed by atoms with Crippen LogP contribution in [-0.4, -0.2) is 6.17 Å². The Morgan fingerprint density at radius 1 is 2.00 bits per heavy atom. The zero-order chi connectivity index (χ0) is 3.86. The number of allylic oxidation sites excluding steroid dienone is 2. The molecule has 0 nitrogen and oxygen atoms in total. The minimum atomic E-state index is -0.657. The SMILES string of the molecule is CC1=C[C@@H]1F. The standard InChI is InChI=1S/C4H5F/c1-3-2-4(3)5/h2,4H,1H3/t4-/m0/s1. The zero-order valence-electron chi connectivity index (χ0n) is 3.03. The lowest BCUT2D eigenvalue weighted by atomic mass is 10.6. The first-order chi connectivity index (χ1) is 2.30. The molecule has 1 aliphatic rings. The molecule has 5 heavy (non-hydrogen) atoms. The molecule has 0 saturated carbocycles. The molecule has 0 aliphatic heterocycles. The molecule has 0 bridgehead atoms. The van der Waals surface area contributed by atoms with Crippen molar-refractivity contribution in [2.45, 2.75) is 13.1 Å². The van der Waals surface area contributed by atoms with E-state index in [4.69, 9.17) is 0 Å². The van der Waals surface area contributed by atoms with Crippen LogP contribution in [0.3, 0.4) is 0 Å². The summed E-state index contributed by atoms with van der Waals surface area (Å²) in [6, 6.07) is 0. The Kier molecular flexibility index (Phi) is 0.339. The van der Waals surface area contributed by atoms with Gasteiger partial charge in [-0.05, 0) is 18.6 Å². The van der Waals surface area contributed by atoms with Gasteiger partial charge in [0.2, 0.25) is 0 Å². The topological polar surface area (TPSA) is 0 Å². The predicted molar refractivity (Wildman–Crippen MR) is 18.7 cm³/mol. The van der Waals surface area contributed by atoms with Crippen LogP contribution in [0.15, 0.2) is 11.6 Å². The van der Waals surface area contributed by atoms with Crippen LogP contribution >= 0.6 is 0 Å². The molecule has 1 aliphatic carbocycles. The number of halogens is 1. The van der Waals surface area contributed by atoms with Crippen LogP contribution in [0.1, 0.15) is 6.92 Å². The number of rotatable bonds is 0. The lowest BCUT2D eigenvalue weighted by Crippen LogP contribution is -1.64. The van der Waals surface area contributed by atoms with E-state index in [-0.39, 0.29) is 0 Å². The van der Waals surface area contributed by atoms with Gasteiger partial charge in [-0.2, -0.15) is 0 Å². The van der Waals surface area contributed by atoms with Crippen molar-refractivity contribution < 1.29 is 4.39 Å². The van der Waals surface area contributed by atoms with Gasteiger partial charge < -0.3 is 0 Å².